The third-order valence-electron chi connectivity index (χ3n) is 4.91. The second kappa shape index (κ2) is 10.1. The molecule has 0 saturated heterocycles. The summed E-state index contributed by atoms with van der Waals surface area (Å²) >= 11 is 12.1. The van der Waals surface area contributed by atoms with Crippen LogP contribution >= 0.6 is 23.2 Å². The third kappa shape index (κ3) is 5.53. The van der Waals surface area contributed by atoms with E-state index in [0.717, 1.165) is 0 Å². The van der Waals surface area contributed by atoms with Crippen molar-refractivity contribution < 1.29 is 18.4 Å². The van der Waals surface area contributed by atoms with E-state index < -0.39 is 29.9 Å². The van der Waals surface area contributed by atoms with Crippen LogP contribution in [0, 0.1) is 12.3 Å². The number of aromatic amines is 1. The molecule has 0 aliphatic rings. The molecular weight excluding hydrogens is 487 g/mol. The molecule has 2 N–H and O–H groups in total. The number of hydrogen-bond donors (Lipinski definition) is 2. The third-order valence-corrected chi connectivity index (χ3v) is 5.65. The summed E-state index contributed by atoms with van der Waals surface area (Å²) in [6, 6.07) is 7.87. The zero-order valence-corrected chi connectivity index (χ0v) is 20.4. The molecule has 1 atom stereocenters. The molecule has 3 aromatic rings. The summed E-state index contributed by atoms with van der Waals surface area (Å²) in [5.74, 6) is -1.62. The number of benzene rings is 1. The van der Waals surface area contributed by atoms with Gasteiger partial charge in [0.05, 0.1) is 21.3 Å². The van der Waals surface area contributed by atoms with Gasteiger partial charge in [0.2, 0.25) is 5.91 Å². The van der Waals surface area contributed by atoms with E-state index in [9.17, 15) is 18.4 Å². The quantitative estimate of drug-likeness (QED) is 0.333. The van der Waals surface area contributed by atoms with Crippen LogP contribution in [0.25, 0.3) is 11.3 Å². The van der Waals surface area contributed by atoms with Crippen LogP contribution in [0.3, 0.4) is 0 Å². The van der Waals surface area contributed by atoms with E-state index in [1.165, 1.54) is 45.3 Å². The van der Waals surface area contributed by atoms with Crippen molar-refractivity contribution in [2.75, 3.05) is 0 Å². The van der Waals surface area contributed by atoms with Crippen molar-refractivity contribution in [3.8, 4) is 11.3 Å². The number of aromatic nitrogens is 3. The minimum atomic E-state index is -3.22. The maximum absolute atomic E-state index is 14.3. The van der Waals surface area contributed by atoms with Crippen LogP contribution in [0.1, 0.15) is 48.8 Å². The van der Waals surface area contributed by atoms with Crippen molar-refractivity contribution >= 4 is 35.0 Å². The van der Waals surface area contributed by atoms with Crippen molar-refractivity contribution in [1.29, 1.82) is 0 Å². The Kier molecular flexibility index (Phi) is 7.57. The second-order valence-electron chi connectivity index (χ2n) is 8.58. The number of imidazole rings is 1. The molecule has 3 rings (SSSR count). The predicted octanol–water partition coefficient (Wildman–Crippen LogP) is 5.61. The molecule has 0 radical (unpaired) electrons. The fraction of sp³-hybridized carbons (Fsp3) is 0.304. The highest BCUT2D eigenvalue weighted by atomic mass is 35.5. The van der Waals surface area contributed by atoms with Gasteiger partial charge in [-0.15, -0.1) is 0 Å². The highest BCUT2D eigenvalue weighted by Crippen LogP contribution is 2.32. The van der Waals surface area contributed by atoms with Gasteiger partial charge in [-0.1, -0.05) is 50.0 Å². The van der Waals surface area contributed by atoms with Crippen molar-refractivity contribution in [2.45, 2.75) is 40.4 Å². The van der Waals surface area contributed by atoms with Gasteiger partial charge in [-0.2, -0.15) is 8.78 Å². The number of alkyl halides is 2. The van der Waals surface area contributed by atoms with E-state index in [4.69, 9.17) is 23.2 Å². The van der Waals surface area contributed by atoms with Crippen molar-refractivity contribution in [3.05, 3.63) is 69.9 Å². The van der Waals surface area contributed by atoms with Gasteiger partial charge >= 0.3 is 6.55 Å². The normalized spacial score (nSPS) is 12.5. The van der Waals surface area contributed by atoms with Crippen molar-refractivity contribution in [2.24, 2.45) is 5.41 Å². The maximum atomic E-state index is 14.3. The van der Waals surface area contributed by atoms with Crippen molar-refractivity contribution in [1.82, 2.24) is 25.2 Å². The number of nitrogens with zero attached hydrogens (tertiary/aromatic N) is 3. The van der Waals surface area contributed by atoms with Gasteiger partial charge in [0.1, 0.15) is 0 Å². The molecular formula is C23H23Cl2F2N5O2. The average Bonchev–Trinajstić information content (AvgIpc) is 3.16. The molecule has 7 nitrogen and oxygen atoms in total. The molecule has 34 heavy (non-hydrogen) atoms. The number of carbonyl (C=O) groups excluding carboxylic acids is 2. The molecule has 11 heteroatoms. The average molecular weight is 510 g/mol. The number of rotatable bonds is 6. The summed E-state index contributed by atoms with van der Waals surface area (Å²) in [6.45, 7) is 3.01. The summed E-state index contributed by atoms with van der Waals surface area (Å²) in [7, 11) is 0. The van der Waals surface area contributed by atoms with Crippen LogP contribution in [0.5, 0.6) is 0 Å². The predicted molar refractivity (Wildman–Crippen MR) is 126 cm³/mol. The Bertz CT molecular complexity index is 1200. The van der Waals surface area contributed by atoms with Crippen LogP contribution in [-0.4, -0.2) is 38.2 Å². The fourth-order valence-electron chi connectivity index (χ4n) is 3.22. The summed E-state index contributed by atoms with van der Waals surface area (Å²) in [4.78, 5) is 37.4. The van der Waals surface area contributed by atoms with Crippen LogP contribution < -0.4 is 5.32 Å². The summed E-state index contributed by atoms with van der Waals surface area (Å²) in [5, 5.41) is 3.14. The maximum Gasteiger partial charge on any atom is 0.319 e. The number of carbonyl (C=O) groups is 2. The molecule has 1 unspecified atom stereocenters. The number of aryl methyl sites for hydroxylation is 1. The Morgan fingerprint density at radius 1 is 1.15 bits per heavy atom. The Morgan fingerprint density at radius 2 is 1.85 bits per heavy atom. The molecule has 2 amide bonds. The molecule has 2 aromatic heterocycles. The van der Waals surface area contributed by atoms with E-state index >= 15 is 0 Å². The van der Waals surface area contributed by atoms with Gasteiger partial charge in [0, 0.05) is 29.1 Å². The van der Waals surface area contributed by atoms with E-state index in [-0.39, 0.29) is 11.4 Å². The van der Waals surface area contributed by atoms with Crippen LogP contribution in [0.4, 0.5) is 8.78 Å². The number of H-pyrrole nitrogens is 1. The number of hydrogen-bond acceptors (Lipinski definition) is 4. The number of halogens is 4. The van der Waals surface area contributed by atoms with Crippen LogP contribution in [-0.2, 0) is 4.79 Å². The molecule has 0 bridgehead atoms. The lowest BCUT2D eigenvalue weighted by Crippen LogP contribution is -2.51. The molecule has 0 spiro atoms. The molecule has 0 saturated carbocycles. The minimum Gasteiger partial charge on any atom is -0.342 e. The monoisotopic (exact) mass is 509 g/mol. The van der Waals surface area contributed by atoms with Gasteiger partial charge in [-0.25, -0.2) is 4.98 Å². The SMILES string of the molecule is Cc1[nH]c(C(NC(=O)c2cccnc2)N(C(=O)C(C)(C)C)C(F)F)nc1-c1ccc(Cl)c(Cl)c1. The molecule has 2 heterocycles. The lowest BCUT2D eigenvalue weighted by atomic mass is 9.94. The summed E-state index contributed by atoms with van der Waals surface area (Å²) in [6.07, 6.45) is 1.18. The first-order valence-corrected chi connectivity index (χ1v) is 11.0. The smallest absolute Gasteiger partial charge is 0.319 e. The zero-order chi connectivity index (χ0) is 25.2. The number of pyridine rings is 1. The molecule has 180 valence electrons. The number of nitrogens with one attached hydrogen (secondary N) is 2. The first-order chi connectivity index (χ1) is 15.9. The van der Waals surface area contributed by atoms with E-state index in [2.05, 4.69) is 20.3 Å². The highest BCUT2D eigenvalue weighted by Gasteiger charge is 2.40. The Balaban J connectivity index is 2.10. The first-order valence-electron chi connectivity index (χ1n) is 10.2. The van der Waals surface area contributed by atoms with Crippen molar-refractivity contribution in [3.63, 3.8) is 0 Å². The molecule has 1 aromatic carbocycles. The minimum absolute atomic E-state index is 0.0475. The molecule has 0 aliphatic heterocycles. The Hall–Kier alpha value is -3.04. The molecule has 0 aliphatic carbocycles. The Morgan fingerprint density at radius 3 is 2.41 bits per heavy atom. The zero-order valence-electron chi connectivity index (χ0n) is 18.9. The number of amides is 2. The lowest BCUT2D eigenvalue weighted by Gasteiger charge is -2.34. The van der Waals surface area contributed by atoms with Gasteiger partial charge < -0.3 is 10.3 Å². The highest BCUT2D eigenvalue weighted by molar-refractivity contribution is 6.42. The first kappa shape index (κ1) is 25.6. The topological polar surface area (TPSA) is 91.0 Å². The van der Waals surface area contributed by atoms with Gasteiger partial charge in [-0.05, 0) is 31.2 Å². The Labute approximate surface area is 205 Å². The second-order valence-corrected chi connectivity index (χ2v) is 9.40. The van der Waals surface area contributed by atoms with Gasteiger partial charge in [-0.3, -0.25) is 19.5 Å². The lowest BCUT2D eigenvalue weighted by molar-refractivity contribution is -0.160. The van der Waals surface area contributed by atoms with E-state index in [0.29, 0.717) is 31.9 Å². The largest absolute Gasteiger partial charge is 0.342 e. The van der Waals surface area contributed by atoms with Crippen LogP contribution in [0.2, 0.25) is 10.0 Å². The standard InChI is InChI=1S/C23H23Cl2F2N5O2/c1-12-17(13-7-8-15(24)16(25)10-13)30-18(29-12)19(31-20(33)14-6-5-9-28-11-14)32(22(26)27)21(34)23(2,3)4/h5-11,19,22H,1-4H3,(H,29,30)(H,31,33). The molecule has 0 fully saturated rings. The van der Waals surface area contributed by atoms with E-state index in [1.807, 2.05) is 0 Å². The summed E-state index contributed by atoms with van der Waals surface area (Å²) in [5.41, 5.74) is 0.496. The van der Waals surface area contributed by atoms with E-state index in [1.54, 1.807) is 25.1 Å². The summed E-state index contributed by atoms with van der Waals surface area (Å²) < 4.78 is 28.5. The van der Waals surface area contributed by atoms with Crippen LogP contribution in [0.15, 0.2) is 42.7 Å². The fourth-order valence-corrected chi connectivity index (χ4v) is 3.52. The van der Waals surface area contributed by atoms with Gasteiger partial charge in [0.25, 0.3) is 5.91 Å². The van der Waals surface area contributed by atoms with Gasteiger partial charge in [0.15, 0.2) is 12.0 Å².